The number of halogens is 1. The number of aromatic carboxylic acids is 1. The van der Waals surface area contributed by atoms with Crippen molar-refractivity contribution in [1.82, 2.24) is 0 Å². The van der Waals surface area contributed by atoms with Crippen molar-refractivity contribution in [2.75, 3.05) is 0 Å². The van der Waals surface area contributed by atoms with Gasteiger partial charge in [-0.1, -0.05) is 23.7 Å². The molecule has 0 spiro atoms. The van der Waals surface area contributed by atoms with Crippen molar-refractivity contribution < 1.29 is 14.6 Å². The summed E-state index contributed by atoms with van der Waals surface area (Å²) >= 11 is 5.91. The lowest BCUT2D eigenvalue weighted by atomic mass is 9.97. The van der Waals surface area contributed by atoms with Crippen LogP contribution in [0.4, 0.5) is 0 Å². The Labute approximate surface area is 128 Å². The molecule has 0 radical (unpaired) electrons. The lowest BCUT2D eigenvalue weighted by Gasteiger charge is -2.16. The summed E-state index contributed by atoms with van der Waals surface area (Å²) in [5, 5.41) is 9.40. The monoisotopic (exact) mass is 302 g/mol. The summed E-state index contributed by atoms with van der Waals surface area (Å²) in [6.07, 6.45) is 0.843. The number of hydrogen-bond acceptors (Lipinski definition) is 2. The fourth-order valence-electron chi connectivity index (χ4n) is 2.66. The third-order valence-corrected chi connectivity index (χ3v) is 3.92. The minimum Gasteiger partial charge on any atom is -0.487 e. The third-order valence-electron chi connectivity index (χ3n) is 3.59. The quantitative estimate of drug-likeness (QED) is 0.893. The minimum absolute atomic E-state index is 0.117. The van der Waals surface area contributed by atoms with E-state index in [-0.39, 0.29) is 16.2 Å². The maximum Gasteiger partial charge on any atom is 0.337 e. The Balaban J connectivity index is 2.03. The van der Waals surface area contributed by atoms with E-state index in [0.717, 1.165) is 28.9 Å². The molecule has 2 aromatic carbocycles. The number of carboxylic acids is 1. The highest BCUT2D eigenvalue weighted by molar-refractivity contribution is 6.33. The summed E-state index contributed by atoms with van der Waals surface area (Å²) in [6.45, 7) is 4.11. The van der Waals surface area contributed by atoms with Crippen molar-refractivity contribution in [3.63, 3.8) is 0 Å². The minimum atomic E-state index is -1.02. The van der Waals surface area contributed by atoms with Crippen LogP contribution >= 0.6 is 11.6 Å². The Morgan fingerprint density at radius 2 is 1.86 bits per heavy atom. The van der Waals surface area contributed by atoms with Gasteiger partial charge in [-0.15, -0.1) is 0 Å². The highest BCUT2D eigenvalue weighted by Gasteiger charge is 2.30. The molecule has 1 N–H and O–H groups in total. The van der Waals surface area contributed by atoms with Crippen molar-refractivity contribution in [2.45, 2.75) is 25.9 Å². The molecule has 1 aliphatic rings. The summed E-state index contributed by atoms with van der Waals surface area (Å²) in [5.41, 5.74) is 2.88. The van der Waals surface area contributed by atoms with Crippen LogP contribution in [0, 0.1) is 0 Å². The number of hydrogen-bond donors (Lipinski definition) is 1. The first kappa shape index (κ1) is 14.0. The summed E-state index contributed by atoms with van der Waals surface area (Å²) < 4.78 is 5.85. The molecule has 4 heteroatoms. The van der Waals surface area contributed by atoms with Crippen LogP contribution in [0.3, 0.4) is 0 Å². The second-order valence-electron chi connectivity index (χ2n) is 5.86. The van der Waals surface area contributed by atoms with Crippen molar-refractivity contribution in [1.29, 1.82) is 0 Å². The largest absolute Gasteiger partial charge is 0.487 e. The van der Waals surface area contributed by atoms with Gasteiger partial charge in [0.1, 0.15) is 11.4 Å². The summed E-state index contributed by atoms with van der Waals surface area (Å²) in [6, 6.07) is 11.0. The Morgan fingerprint density at radius 1 is 1.19 bits per heavy atom. The molecule has 0 aromatic heterocycles. The maximum absolute atomic E-state index is 11.2. The average Bonchev–Trinajstić information content (AvgIpc) is 2.71. The van der Waals surface area contributed by atoms with E-state index in [2.05, 4.69) is 19.9 Å². The van der Waals surface area contributed by atoms with E-state index in [9.17, 15) is 4.79 Å². The molecule has 0 amide bonds. The fourth-order valence-corrected chi connectivity index (χ4v) is 2.86. The van der Waals surface area contributed by atoms with Crippen LogP contribution in [-0.2, 0) is 6.42 Å². The first-order valence-electron chi connectivity index (χ1n) is 6.71. The van der Waals surface area contributed by atoms with E-state index in [1.807, 2.05) is 18.2 Å². The zero-order valence-electron chi connectivity index (χ0n) is 11.8. The van der Waals surface area contributed by atoms with Crippen LogP contribution < -0.4 is 4.74 Å². The molecular formula is C17H15ClO3. The molecule has 2 aromatic rings. The van der Waals surface area contributed by atoms with Gasteiger partial charge in [0.15, 0.2) is 0 Å². The molecule has 3 nitrogen and oxygen atoms in total. The Bertz CT molecular complexity index is 735. The predicted molar refractivity (Wildman–Crippen MR) is 82.3 cm³/mol. The first-order chi connectivity index (χ1) is 9.85. The number of benzene rings is 2. The Morgan fingerprint density at radius 3 is 2.57 bits per heavy atom. The van der Waals surface area contributed by atoms with Crippen LogP contribution in [0.1, 0.15) is 29.8 Å². The lowest BCUT2D eigenvalue weighted by Crippen LogP contribution is -2.24. The molecule has 0 saturated carbocycles. The van der Waals surface area contributed by atoms with Gasteiger partial charge in [-0.05, 0) is 54.8 Å². The van der Waals surface area contributed by atoms with Gasteiger partial charge in [-0.25, -0.2) is 4.79 Å². The van der Waals surface area contributed by atoms with Gasteiger partial charge in [0.25, 0.3) is 0 Å². The van der Waals surface area contributed by atoms with Gasteiger partial charge in [0, 0.05) is 6.42 Å². The molecule has 0 fully saturated rings. The molecule has 3 rings (SSSR count). The number of ether oxygens (including phenoxy) is 1. The van der Waals surface area contributed by atoms with Crippen LogP contribution in [0.15, 0.2) is 36.4 Å². The average molecular weight is 303 g/mol. The van der Waals surface area contributed by atoms with Gasteiger partial charge in [-0.3, -0.25) is 0 Å². The summed E-state index contributed by atoms with van der Waals surface area (Å²) in [5.74, 6) is -0.122. The smallest absolute Gasteiger partial charge is 0.337 e. The summed E-state index contributed by atoms with van der Waals surface area (Å²) in [4.78, 5) is 11.2. The summed E-state index contributed by atoms with van der Waals surface area (Å²) in [7, 11) is 0. The van der Waals surface area contributed by atoms with Crippen LogP contribution in [-0.4, -0.2) is 16.7 Å². The van der Waals surface area contributed by atoms with E-state index >= 15 is 0 Å². The molecule has 0 saturated heterocycles. The zero-order chi connectivity index (χ0) is 15.2. The molecule has 0 unspecified atom stereocenters. The van der Waals surface area contributed by atoms with E-state index in [1.54, 1.807) is 12.1 Å². The first-order valence-corrected chi connectivity index (χ1v) is 7.09. The molecule has 0 aliphatic carbocycles. The topological polar surface area (TPSA) is 46.5 Å². The molecule has 1 heterocycles. The zero-order valence-corrected chi connectivity index (χ0v) is 12.6. The van der Waals surface area contributed by atoms with Crippen LogP contribution in [0.5, 0.6) is 5.75 Å². The van der Waals surface area contributed by atoms with Crippen molar-refractivity contribution in [3.8, 4) is 16.9 Å². The number of carboxylic acid groups (broad SMARTS) is 1. The SMILES string of the molecule is CC1(C)Cc2cc(-c3ccc(Cl)c(C(=O)O)c3)ccc2O1. The highest BCUT2D eigenvalue weighted by atomic mass is 35.5. The Hall–Kier alpha value is -2.00. The standard InChI is InChI=1S/C17H15ClO3/c1-17(2)9-12-7-10(4-6-15(12)21-17)11-3-5-14(18)13(8-11)16(19)20/h3-8H,9H2,1-2H3,(H,19,20). The number of carbonyl (C=O) groups is 1. The van der Waals surface area contributed by atoms with Gasteiger partial charge in [0.05, 0.1) is 10.6 Å². The highest BCUT2D eigenvalue weighted by Crippen LogP contribution is 2.37. The van der Waals surface area contributed by atoms with Crippen LogP contribution in [0.25, 0.3) is 11.1 Å². The number of fused-ring (bicyclic) bond motifs is 1. The van der Waals surface area contributed by atoms with Gasteiger partial charge in [-0.2, -0.15) is 0 Å². The molecule has 1 aliphatic heterocycles. The molecule has 0 atom stereocenters. The molecular weight excluding hydrogens is 288 g/mol. The van der Waals surface area contributed by atoms with E-state index in [1.165, 1.54) is 0 Å². The Kier molecular flexibility index (Phi) is 3.18. The second kappa shape index (κ2) is 4.78. The van der Waals surface area contributed by atoms with Gasteiger partial charge in [0.2, 0.25) is 0 Å². The van der Waals surface area contributed by atoms with Gasteiger partial charge >= 0.3 is 5.97 Å². The second-order valence-corrected chi connectivity index (χ2v) is 6.27. The lowest BCUT2D eigenvalue weighted by molar-refractivity contribution is 0.0697. The van der Waals surface area contributed by atoms with Crippen molar-refractivity contribution in [3.05, 3.63) is 52.5 Å². The van der Waals surface area contributed by atoms with E-state index in [4.69, 9.17) is 21.4 Å². The molecule has 21 heavy (non-hydrogen) atoms. The molecule has 108 valence electrons. The van der Waals surface area contributed by atoms with E-state index < -0.39 is 5.97 Å². The van der Waals surface area contributed by atoms with E-state index in [0.29, 0.717) is 0 Å². The van der Waals surface area contributed by atoms with Crippen molar-refractivity contribution >= 4 is 17.6 Å². The van der Waals surface area contributed by atoms with Crippen molar-refractivity contribution in [2.24, 2.45) is 0 Å². The maximum atomic E-state index is 11.2. The van der Waals surface area contributed by atoms with Crippen LogP contribution in [0.2, 0.25) is 5.02 Å². The fraction of sp³-hybridized carbons (Fsp3) is 0.235. The molecule has 0 bridgehead atoms. The predicted octanol–water partition coefficient (Wildman–Crippen LogP) is 4.42. The normalized spacial score (nSPS) is 15.4. The third kappa shape index (κ3) is 2.61. The number of rotatable bonds is 2. The van der Waals surface area contributed by atoms with Gasteiger partial charge < -0.3 is 9.84 Å².